The zero-order chi connectivity index (χ0) is 14.8. The van der Waals surface area contributed by atoms with Gasteiger partial charge in [-0.25, -0.2) is 0 Å². The Morgan fingerprint density at radius 1 is 1.33 bits per heavy atom. The first-order chi connectivity index (χ1) is 10.2. The lowest BCUT2D eigenvalue weighted by atomic mass is 10.1. The monoisotopic (exact) mass is 303 g/mol. The molecule has 0 aromatic heterocycles. The Hall–Kier alpha value is -1.87. The second-order valence-electron chi connectivity index (χ2n) is 5.27. The van der Waals surface area contributed by atoms with Gasteiger partial charge in [-0.3, -0.25) is 0 Å². The summed E-state index contributed by atoms with van der Waals surface area (Å²) >= 11 is 5.99. The normalized spacial score (nSPS) is 16.2. The summed E-state index contributed by atoms with van der Waals surface area (Å²) < 4.78 is 11.3. The lowest BCUT2D eigenvalue weighted by Gasteiger charge is -2.13. The van der Waals surface area contributed by atoms with Crippen molar-refractivity contribution in [3.63, 3.8) is 0 Å². The van der Waals surface area contributed by atoms with Crippen molar-refractivity contribution in [3.05, 3.63) is 52.5 Å². The van der Waals surface area contributed by atoms with Crippen LogP contribution in [0, 0.1) is 0 Å². The molecular formula is C17H18ClNO2. The molecule has 110 valence electrons. The van der Waals surface area contributed by atoms with E-state index >= 15 is 0 Å². The number of anilines is 1. The molecule has 1 aliphatic rings. The maximum absolute atomic E-state index is 5.99. The van der Waals surface area contributed by atoms with Gasteiger partial charge >= 0.3 is 0 Å². The highest BCUT2D eigenvalue weighted by Gasteiger charge is 2.21. The first-order valence-electron chi connectivity index (χ1n) is 7.01. The van der Waals surface area contributed by atoms with E-state index < -0.39 is 0 Å². The molecule has 0 fully saturated rings. The fourth-order valence-corrected chi connectivity index (χ4v) is 2.80. The van der Waals surface area contributed by atoms with Gasteiger partial charge in [-0.05, 0) is 37.3 Å². The van der Waals surface area contributed by atoms with E-state index in [1.165, 1.54) is 5.56 Å². The SMILES string of the molecule is COc1cc2c(cc1CNc1cccc(Cl)c1)OC(C)C2. The van der Waals surface area contributed by atoms with Crippen molar-refractivity contribution in [1.29, 1.82) is 0 Å². The Labute approximate surface area is 129 Å². The van der Waals surface area contributed by atoms with Gasteiger partial charge in [-0.1, -0.05) is 17.7 Å². The molecule has 0 spiro atoms. The summed E-state index contributed by atoms with van der Waals surface area (Å²) in [5, 5.41) is 4.08. The smallest absolute Gasteiger partial charge is 0.124 e. The molecule has 2 aromatic rings. The summed E-state index contributed by atoms with van der Waals surface area (Å²) in [7, 11) is 1.70. The first-order valence-corrected chi connectivity index (χ1v) is 7.39. The fourth-order valence-electron chi connectivity index (χ4n) is 2.61. The highest BCUT2D eigenvalue weighted by molar-refractivity contribution is 6.30. The largest absolute Gasteiger partial charge is 0.496 e. The molecule has 3 nitrogen and oxygen atoms in total. The summed E-state index contributed by atoms with van der Waals surface area (Å²) in [5.41, 5.74) is 3.27. The number of halogens is 1. The van der Waals surface area contributed by atoms with Crippen LogP contribution in [0.5, 0.6) is 11.5 Å². The summed E-state index contributed by atoms with van der Waals surface area (Å²) in [6.07, 6.45) is 1.18. The Morgan fingerprint density at radius 2 is 2.19 bits per heavy atom. The van der Waals surface area contributed by atoms with Crippen LogP contribution < -0.4 is 14.8 Å². The molecule has 0 radical (unpaired) electrons. The highest BCUT2D eigenvalue weighted by Crippen LogP contribution is 2.35. The molecule has 0 saturated carbocycles. The molecule has 21 heavy (non-hydrogen) atoms. The predicted octanol–water partition coefficient (Wildman–Crippen LogP) is 4.28. The molecule has 0 aliphatic carbocycles. The summed E-state index contributed by atoms with van der Waals surface area (Å²) in [6.45, 7) is 2.74. The minimum atomic E-state index is 0.237. The molecule has 4 heteroatoms. The van der Waals surface area contributed by atoms with E-state index in [0.29, 0.717) is 6.54 Å². The molecule has 3 rings (SSSR count). The number of nitrogens with one attached hydrogen (secondary N) is 1. The van der Waals surface area contributed by atoms with Gasteiger partial charge in [-0.2, -0.15) is 0 Å². The van der Waals surface area contributed by atoms with E-state index in [1.807, 2.05) is 24.3 Å². The maximum Gasteiger partial charge on any atom is 0.124 e. The van der Waals surface area contributed by atoms with E-state index in [0.717, 1.165) is 34.2 Å². The van der Waals surface area contributed by atoms with Crippen molar-refractivity contribution < 1.29 is 9.47 Å². The molecule has 1 aliphatic heterocycles. The second kappa shape index (κ2) is 5.86. The van der Waals surface area contributed by atoms with Crippen LogP contribution in [-0.4, -0.2) is 13.2 Å². The number of hydrogen-bond donors (Lipinski definition) is 1. The summed E-state index contributed by atoms with van der Waals surface area (Å²) in [6, 6.07) is 11.8. The quantitative estimate of drug-likeness (QED) is 0.914. The van der Waals surface area contributed by atoms with Crippen LogP contribution in [0.15, 0.2) is 36.4 Å². The second-order valence-corrected chi connectivity index (χ2v) is 5.70. The molecule has 1 N–H and O–H groups in total. The Balaban J connectivity index is 1.80. The number of fused-ring (bicyclic) bond motifs is 1. The zero-order valence-electron chi connectivity index (χ0n) is 12.2. The van der Waals surface area contributed by atoms with Crippen LogP contribution in [0.3, 0.4) is 0 Å². The number of rotatable bonds is 4. The average Bonchev–Trinajstić information content (AvgIpc) is 2.83. The molecule has 1 atom stereocenters. The first kappa shape index (κ1) is 14.1. The van der Waals surface area contributed by atoms with Crippen LogP contribution >= 0.6 is 11.6 Å². The van der Waals surface area contributed by atoms with Gasteiger partial charge in [0.25, 0.3) is 0 Å². The van der Waals surface area contributed by atoms with Crippen molar-refractivity contribution in [1.82, 2.24) is 0 Å². The summed E-state index contributed by atoms with van der Waals surface area (Å²) in [5.74, 6) is 1.85. The van der Waals surface area contributed by atoms with E-state index in [2.05, 4.69) is 24.4 Å². The fraction of sp³-hybridized carbons (Fsp3) is 0.294. The van der Waals surface area contributed by atoms with Crippen molar-refractivity contribution in [2.45, 2.75) is 26.0 Å². The molecule has 2 aromatic carbocycles. The zero-order valence-corrected chi connectivity index (χ0v) is 12.9. The lowest BCUT2D eigenvalue weighted by molar-refractivity contribution is 0.254. The van der Waals surface area contributed by atoms with Crippen molar-refractivity contribution in [3.8, 4) is 11.5 Å². The molecule has 1 unspecified atom stereocenters. The molecule has 1 heterocycles. The average molecular weight is 304 g/mol. The van der Waals surface area contributed by atoms with Gasteiger partial charge in [0, 0.05) is 34.8 Å². The topological polar surface area (TPSA) is 30.5 Å². The third-order valence-electron chi connectivity index (χ3n) is 3.61. The van der Waals surface area contributed by atoms with Gasteiger partial charge in [0.2, 0.25) is 0 Å². The van der Waals surface area contributed by atoms with Crippen LogP contribution in [0.25, 0.3) is 0 Å². The number of methoxy groups -OCH3 is 1. The van der Waals surface area contributed by atoms with E-state index in [-0.39, 0.29) is 6.10 Å². The van der Waals surface area contributed by atoms with Crippen LogP contribution in [0.2, 0.25) is 5.02 Å². The van der Waals surface area contributed by atoms with Crippen molar-refractivity contribution >= 4 is 17.3 Å². The third kappa shape index (κ3) is 3.08. The van der Waals surface area contributed by atoms with Gasteiger partial charge < -0.3 is 14.8 Å². The third-order valence-corrected chi connectivity index (χ3v) is 3.84. The van der Waals surface area contributed by atoms with E-state index in [1.54, 1.807) is 7.11 Å². The van der Waals surface area contributed by atoms with Crippen molar-refractivity contribution in [2.24, 2.45) is 0 Å². The van der Waals surface area contributed by atoms with Gasteiger partial charge in [0.15, 0.2) is 0 Å². The molecule has 0 amide bonds. The van der Waals surface area contributed by atoms with Crippen LogP contribution in [0.4, 0.5) is 5.69 Å². The van der Waals surface area contributed by atoms with Crippen molar-refractivity contribution in [2.75, 3.05) is 12.4 Å². The number of benzene rings is 2. The minimum Gasteiger partial charge on any atom is -0.496 e. The Kier molecular flexibility index (Phi) is 3.93. The number of ether oxygens (including phenoxy) is 2. The summed E-state index contributed by atoms with van der Waals surface area (Å²) in [4.78, 5) is 0. The maximum atomic E-state index is 5.99. The van der Waals surface area contributed by atoms with Crippen LogP contribution in [-0.2, 0) is 13.0 Å². The van der Waals surface area contributed by atoms with E-state index in [4.69, 9.17) is 21.1 Å². The van der Waals surface area contributed by atoms with Gasteiger partial charge in [-0.15, -0.1) is 0 Å². The standard InChI is InChI=1S/C17H18ClNO2/c1-11-6-12-7-16(20-2)13(8-17(12)21-11)10-19-15-5-3-4-14(18)9-15/h3-5,7-9,11,19H,6,10H2,1-2H3. The van der Waals surface area contributed by atoms with Crippen LogP contribution in [0.1, 0.15) is 18.1 Å². The van der Waals surface area contributed by atoms with E-state index in [9.17, 15) is 0 Å². The van der Waals surface area contributed by atoms with Gasteiger partial charge in [0.1, 0.15) is 17.6 Å². The lowest BCUT2D eigenvalue weighted by Crippen LogP contribution is -2.05. The predicted molar refractivity (Wildman–Crippen MR) is 85.6 cm³/mol. The molecule has 0 bridgehead atoms. The Bertz CT molecular complexity index is 657. The highest BCUT2D eigenvalue weighted by atomic mass is 35.5. The van der Waals surface area contributed by atoms with Gasteiger partial charge in [0.05, 0.1) is 7.11 Å². The molecule has 0 saturated heterocycles. The minimum absolute atomic E-state index is 0.237. The molecular weight excluding hydrogens is 286 g/mol. The Morgan fingerprint density at radius 3 is 2.95 bits per heavy atom. The number of hydrogen-bond acceptors (Lipinski definition) is 3.